The van der Waals surface area contributed by atoms with Gasteiger partial charge < -0.3 is 10.6 Å². The van der Waals surface area contributed by atoms with E-state index in [1.54, 1.807) is 30.3 Å². The van der Waals surface area contributed by atoms with Gasteiger partial charge in [-0.1, -0.05) is 64.6 Å². The summed E-state index contributed by atoms with van der Waals surface area (Å²) in [5.74, 6) is 5.00. The molecular weight excluding hydrogens is 494 g/mol. The largest absolute Gasteiger partial charge is 0.377 e. The fourth-order valence-electron chi connectivity index (χ4n) is 3.15. The molecule has 6 nitrogen and oxygen atoms in total. The van der Waals surface area contributed by atoms with Crippen LogP contribution in [0.25, 0.3) is 0 Å². The minimum Gasteiger partial charge on any atom is -0.377 e. The molecule has 3 aromatic carbocycles. The molecule has 0 saturated carbocycles. The minimum atomic E-state index is -0.529. The molecule has 0 spiro atoms. The normalized spacial score (nSPS) is 14.4. The molecule has 5 N–H and O–H groups in total. The van der Waals surface area contributed by atoms with Crippen molar-refractivity contribution < 1.29 is 9.59 Å². The summed E-state index contributed by atoms with van der Waals surface area (Å²) in [6.45, 7) is 0. The van der Waals surface area contributed by atoms with Crippen LogP contribution in [0, 0.1) is 0 Å². The Labute approximate surface area is 205 Å². The number of hydrogen-bond donors (Lipinski definition) is 4. The Hall–Kier alpha value is -2.48. The number of amides is 2. The monoisotopic (exact) mass is 510 g/mol. The number of hydrogen-bond acceptors (Lipinski definition) is 4. The quantitative estimate of drug-likeness (QED) is 0.174. The first-order valence-corrected chi connectivity index (χ1v) is 10.9. The maximum atomic E-state index is 12.1. The summed E-state index contributed by atoms with van der Waals surface area (Å²) in [6, 6.07) is 16.9. The fraction of sp³-hybridized carbons (Fsp3) is 0.0909. The summed E-state index contributed by atoms with van der Waals surface area (Å²) in [4.78, 5) is 22.9. The number of halogens is 4. The molecule has 0 aromatic heterocycles. The van der Waals surface area contributed by atoms with Crippen molar-refractivity contribution in [3.05, 3.63) is 91.9 Å². The summed E-state index contributed by atoms with van der Waals surface area (Å²) in [5.41, 5.74) is 4.90. The third-order valence-corrected chi connectivity index (χ3v) is 5.54. The molecule has 10 heteroatoms. The number of hydrazine groups is 1. The molecule has 1 atom stereocenters. The predicted molar refractivity (Wildman–Crippen MR) is 131 cm³/mol. The van der Waals surface area contributed by atoms with E-state index in [-0.39, 0.29) is 11.8 Å². The molecule has 4 rings (SSSR count). The molecule has 1 heterocycles. The molecule has 1 aliphatic rings. The number of benzene rings is 3. The van der Waals surface area contributed by atoms with Crippen molar-refractivity contribution in [3.63, 3.8) is 0 Å². The second-order valence-electron chi connectivity index (χ2n) is 6.79. The standard InChI is InChI=1S/C15H11Cl2NO.C7H7Cl2N3O/c16-9-5-6-10(12(17)7-9)14-8-15(19)11-3-1-2-4-13(11)18-14;8-4-1-5(9)3-6(2-4)11-7(13)12-10/h1-7,14,18H,8H2;1-3H,10H2,(H2,11,12,13). The second-order valence-corrected chi connectivity index (χ2v) is 8.51. The Balaban J connectivity index is 0.000000195. The molecule has 3 aromatic rings. The number of carbonyl (C=O) groups is 2. The summed E-state index contributed by atoms with van der Waals surface area (Å²) >= 11 is 23.5. The van der Waals surface area contributed by atoms with Crippen LogP contribution in [-0.2, 0) is 0 Å². The minimum absolute atomic E-state index is 0.104. The predicted octanol–water partition coefficient (Wildman–Crippen LogP) is 6.72. The number of urea groups is 1. The van der Waals surface area contributed by atoms with Gasteiger partial charge in [-0.3, -0.25) is 10.2 Å². The van der Waals surface area contributed by atoms with Crippen LogP contribution in [0.4, 0.5) is 16.2 Å². The molecular formula is C22H18Cl4N4O2. The maximum absolute atomic E-state index is 12.1. The molecule has 1 unspecified atom stereocenters. The zero-order valence-electron chi connectivity index (χ0n) is 16.5. The molecule has 2 amide bonds. The third kappa shape index (κ3) is 6.28. The zero-order chi connectivity index (χ0) is 23.3. The number of rotatable bonds is 2. The van der Waals surface area contributed by atoms with Crippen molar-refractivity contribution in [3.8, 4) is 0 Å². The number of Topliss-reactive ketones (excluding diaryl/α,β-unsaturated/α-hetero) is 1. The Morgan fingerprint density at radius 3 is 2.28 bits per heavy atom. The highest BCUT2D eigenvalue weighted by Gasteiger charge is 2.26. The average Bonchev–Trinajstić information content (AvgIpc) is 2.73. The topological polar surface area (TPSA) is 96.2 Å². The van der Waals surface area contributed by atoms with E-state index in [0.29, 0.717) is 32.2 Å². The van der Waals surface area contributed by atoms with Crippen LogP contribution in [0.1, 0.15) is 28.4 Å². The van der Waals surface area contributed by atoms with Crippen LogP contribution in [0.15, 0.2) is 60.7 Å². The SMILES string of the molecule is NNC(=O)Nc1cc(Cl)cc(Cl)c1.O=C1CC(c2ccc(Cl)cc2Cl)Nc2ccccc21. The number of fused-ring (bicyclic) bond motifs is 1. The molecule has 0 fully saturated rings. The van der Waals surface area contributed by atoms with Crippen LogP contribution < -0.4 is 21.9 Å². The average molecular weight is 512 g/mol. The summed E-state index contributed by atoms with van der Waals surface area (Å²) < 4.78 is 0. The van der Waals surface area contributed by atoms with Crippen molar-refractivity contribution in [2.45, 2.75) is 12.5 Å². The zero-order valence-corrected chi connectivity index (χ0v) is 19.5. The maximum Gasteiger partial charge on any atom is 0.333 e. The van der Waals surface area contributed by atoms with Gasteiger partial charge in [0.05, 0.1) is 6.04 Å². The lowest BCUT2D eigenvalue weighted by atomic mass is 9.92. The molecule has 0 radical (unpaired) electrons. The third-order valence-electron chi connectivity index (χ3n) is 4.54. The number of nitrogens with two attached hydrogens (primary N) is 1. The summed E-state index contributed by atoms with van der Waals surface area (Å²) in [5, 5.41) is 7.85. The van der Waals surface area contributed by atoms with Gasteiger partial charge in [0, 0.05) is 43.4 Å². The van der Waals surface area contributed by atoms with Crippen LogP contribution in [0.2, 0.25) is 20.1 Å². The summed E-state index contributed by atoms with van der Waals surface area (Å²) in [6.07, 6.45) is 0.401. The molecule has 0 aliphatic carbocycles. The lowest BCUT2D eigenvalue weighted by Crippen LogP contribution is -2.34. The van der Waals surface area contributed by atoms with E-state index in [0.717, 1.165) is 16.8 Å². The number of para-hydroxylation sites is 1. The van der Waals surface area contributed by atoms with Gasteiger partial charge in [-0.25, -0.2) is 10.6 Å². The van der Waals surface area contributed by atoms with E-state index in [4.69, 9.17) is 52.2 Å². The van der Waals surface area contributed by atoms with E-state index in [1.165, 1.54) is 0 Å². The van der Waals surface area contributed by atoms with E-state index in [1.807, 2.05) is 35.8 Å². The van der Waals surface area contributed by atoms with E-state index < -0.39 is 6.03 Å². The lowest BCUT2D eigenvalue weighted by molar-refractivity contribution is 0.0972. The molecule has 166 valence electrons. The Kier molecular flexibility index (Phi) is 8.23. The number of carbonyl (C=O) groups excluding carboxylic acids is 2. The molecule has 1 aliphatic heterocycles. The van der Waals surface area contributed by atoms with E-state index >= 15 is 0 Å². The number of nitrogens with one attached hydrogen (secondary N) is 3. The van der Waals surface area contributed by atoms with Crippen LogP contribution >= 0.6 is 46.4 Å². The molecule has 0 saturated heterocycles. The number of ketones is 1. The fourth-order valence-corrected chi connectivity index (χ4v) is 4.22. The van der Waals surface area contributed by atoms with E-state index in [9.17, 15) is 9.59 Å². The van der Waals surface area contributed by atoms with Gasteiger partial charge in [0.25, 0.3) is 0 Å². The first kappa shape index (κ1) is 24.2. The van der Waals surface area contributed by atoms with Gasteiger partial charge >= 0.3 is 6.03 Å². The van der Waals surface area contributed by atoms with Gasteiger partial charge in [-0.05, 0) is 48.0 Å². The molecule has 32 heavy (non-hydrogen) atoms. The van der Waals surface area contributed by atoms with Crippen molar-refractivity contribution in [1.82, 2.24) is 5.43 Å². The van der Waals surface area contributed by atoms with Crippen molar-refractivity contribution in [2.75, 3.05) is 10.6 Å². The van der Waals surface area contributed by atoms with Crippen molar-refractivity contribution in [1.29, 1.82) is 0 Å². The Morgan fingerprint density at radius 2 is 1.62 bits per heavy atom. The van der Waals surface area contributed by atoms with Gasteiger partial charge in [-0.15, -0.1) is 0 Å². The van der Waals surface area contributed by atoms with Gasteiger partial charge in [0.15, 0.2) is 5.78 Å². The van der Waals surface area contributed by atoms with Gasteiger partial charge in [-0.2, -0.15) is 0 Å². The summed E-state index contributed by atoms with van der Waals surface area (Å²) in [7, 11) is 0. The Morgan fingerprint density at radius 1 is 0.938 bits per heavy atom. The van der Waals surface area contributed by atoms with Crippen LogP contribution in [0.5, 0.6) is 0 Å². The lowest BCUT2D eigenvalue weighted by Gasteiger charge is -2.27. The van der Waals surface area contributed by atoms with Crippen molar-refractivity contribution >= 4 is 69.6 Å². The molecule has 0 bridgehead atoms. The Bertz CT molecular complexity index is 1140. The highest BCUT2D eigenvalue weighted by Crippen LogP contribution is 2.36. The van der Waals surface area contributed by atoms with Gasteiger partial charge in [0.2, 0.25) is 0 Å². The van der Waals surface area contributed by atoms with E-state index in [2.05, 4.69) is 10.6 Å². The smallest absolute Gasteiger partial charge is 0.333 e. The second kappa shape index (κ2) is 10.9. The first-order valence-electron chi connectivity index (χ1n) is 9.34. The van der Waals surface area contributed by atoms with Crippen molar-refractivity contribution in [2.24, 2.45) is 5.84 Å². The first-order chi connectivity index (χ1) is 15.3. The van der Waals surface area contributed by atoms with Crippen LogP contribution in [-0.4, -0.2) is 11.8 Å². The number of anilines is 2. The van der Waals surface area contributed by atoms with Gasteiger partial charge in [0.1, 0.15) is 0 Å². The van der Waals surface area contributed by atoms with Crippen LogP contribution in [0.3, 0.4) is 0 Å². The highest BCUT2D eigenvalue weighted by atomic mass is 35.5. The highest BCUT2D eigenvalue weighted by molar-refractivity contribution is 6.35.